The molecule has 35 heavy (non-hydrogen) atoms. The summed E-state index contributed by atoms with van der Waals surface area (Å²) in [5.41, 5.74) is 1.87. The number of benzene rings is 1. The Hall–Kier alpha value is -3.68. The van der Waals surface area contributed by atoms with E-state index in [1.165, 1.54) is 6.08 Å². The summed E-state index contributed by atoms with van der Waals surface area (Å²) in [4.78, 5) is 46.1. The Morgan fingerprint density at radius 3 is 2.46 bits per heavy atom. The number of nitrogens with one attached hydrogen (secondary N) is 2. The molecule has 1 aromatic carbocycles. The molecule has 8 nitrogen and oxygen atoms in total. The largest absolute Gasteiger partial charge is 0.353 e. The van der Waals surface area contributed by atoms with Crippen molar-refractivity contribution in [2.45, 2.75) is 38.6 Å². The van der Waals surface area contributed by atoms with E-state index in [2.05, 4.69) is 27.1 Å². The third-order valence-corrected chi connectivity index (χ3v) is 6.03. The van der Waals surface area contributed by atoms with E-state index in [0.717, 1.165) is 17.1 Å². The molecular weight excluding hydrogens is 442 g/mol. The van der Waals surface area contributed by atoms with Gasteiger partial charge in [0.25, 0.3) is 0 Å². The highest BCUT2D eigenvalue weighted by Gasteiger charge is 2.28. The van der Waals surface area contributed by atoms with Gasteiger partial charge in [-0.1, -0.05) is 43.0 Å². The molecule has 1 atom stereocenters. The number of aryl methyl sites for hydroxylation is 1. The van der Waals surface area contributed by atoms with Crippen LogP contribution in [-0.2, 0) is 20.8 Å². The van der Waals surface area contributed by atoms with Crippen LogP contribution in [0.2, 0.25) is 0 Å². The Morgan fingerprint density at radius 1 is 1.03 bits per heavy atom. The molecule has 0 saturated carbocycles. The number of carbonyl (C=O) groups is 3. The predicted molar refractivity (Wildman–Crippen MR) is 137 cm³/mol. The van der Waals surface area contributed by atoms with Crippen LogP contribution in [0.15, 0.2) is 61.2 Å². The molecule has 0 spiro atoms. The summed E-state index contributed by atoms with van der Waals surface area (Å²) in [5.74, 6) is 0.483. The monoisotopic (exact) mass is 477 g/mol. The number of carbonyl (C=O) groups excluding carboxylic acids is 3. The van der Waals surface area contributed by atoms with Crippen LogP contribution < -0.4 is 15.5 Å². The predicted octanol–water partition coefficient (Wildman–Crippen LogP) is 2.24. The van der Waals surface area contributed by atoms with E-state index in [1.54, 1.807) is 0 Å². The van der Waals surface area contributed by atoms with Crippen molar-refractivity contribution in [1.29, 1.82) is 0 Å². The normalized spacial score (nSPS) is 14.2. The molecule has 1 saturated heterocycles. The van der Waals surface area contributed by atoms with Gasteiger partial charge < -0.3 is 20.4 Å². The Kier molecular flexibility index (Phi) is 9.83. The zero-order valence-corrected chi connectivity index (χ0v) is 20.4. The van der Waals surface area contributed by atoms with Crippen LogP contribution >= 0.6 is 0 Å². The molecule has 186 valence electrons. The van der Waals surface area contributed by atoms with Crippen molar-refractivity contribution in [2.75, 3.05) is 37.6 Å². The number of hydrogen-bond acceptors (Lipinski definition) is 5. The minimum absolute atomic E-state index is 0.0570. The van der Waals surface area contributed by atoms with Gasteiger partial charge in [-0.15, -0.1) is 0 Å². The molecule has 0 aliphatic carbocycles. The van der Waals surface area contributed by atoms with Crippen molar-refractivity contribution < 1.29 is 14.4 Å². The molecule has 8 heteroatoms. The Labute approximate surface area is 207 Å². The van der Waals surface area contributed by atoms with E-state index >= 15 is 0 Å². The molecule has 2 N–H and O–H groups in total. The minimum atomic E-state index is -0.593. The van der Waals surface area contributed by atoms with Crippen LogP contribution in [-0.4, -0.2) is 66.4 Å². The van der Waals surface area contributed by atoms with Crippen LogP contribution in [0.1, 0.15) is 30.5 Å². The molecule has 1 aliphatic rings. The lowest BCUT2D eigenvalue weighted by Gasteiger charge is -2.37. The van der Waals surface area contributed by atoms with E-state index in [4.69, 9.17) is 0 Å². The maximum atomic E-state index is 13.4. The second-order valence-electron chi connectivity index (χ2n) is 8.72. The van der Waals surface area contributed by atoms with Gasteiger partial charge in [0.15, 0.2) is 0 Å². The van der Waals surface area contributed by atoms with E-state index in [1.807, 2.05) is 60.4 Å². The molecule has 2 heterocycles. The van der Waals surface area contributed by atoms with Gasteiger partial charge in [0.2, 0.25) is 17.7 Å². The van der Waals surface area contributed by atoms with E-state index < -0.39 is 6.04 Å². The van der Waals surface area contributed by atoms with E-state index in [-0.39, 0.29) is 24.1 Å². The second-order valence-corrected chi connectivity index (χ2v) is 8.72. The van der Waals surface area contributed by atoms with Crippen molar-refractivity contribution in [2.24, 2.45) is 0 Å². The zero-order valence-electron chi connectivity index (χ0n) is 20.4. The number of amides is 3. The smallest absolute Gasteiger partial charge is 0.245 e. The van der Waals surface area contributed by atoms with Crippen molar-refractivity contribution in [1.82, 2.24) is 20.5 Å². The number of piperazine rings is 1. The van der Waals surface area contributed by atoms with Crippen molar-refractivity contribution in [3.8, 4) is 0 Å². The Morgan fingerprint density at radius 2 is 1.77 bits per heavy atom. The molecule has 1 fully saturated rings. The molecule has 1 aromatic heterocycles. The maximum Gasteiger partial charge on any atom is 0.245 e. The number of nitrogens with zero attached hydrogens (tertiary/aromatic N) is 3. The first kappa shape index (κ1) is 25.9. The SMILES string of the molecule is C=CC(=O)NCCCC[C@@H](NC(=O)Cc1ccccc1)C(=O)N1CCN(c2cccc(C)n2)CC1. The fourth-order valence-electron chi connectivity index (χ4n) is 4.12. The summed E-state index contributed by atoms with van der Waals surface area (Å²) in [6, 6.07) is 14.8. The van der Waals surface area contributed by atoms with Crippen molar-refractivity contribution in [3.05, 3.63) is 72.4 Å². The van der Waals surface area contributed by atoms with Gasteiger partial charge in [-0.3, -0.25) is 14.4 Å². The Balaban J connectivity index is 1.57. The minimum Gasteiger partial charge on any atom is -0.353 e. The molecule has 0 unspecified atom stereocenters. The second kappa shape index (κ2) is 13.3. The molecule has 0 bridgehead atoms. The molecule has 2 aromatic rings. The van der Waals surface area contributed by atoms with Gasteiger partial charge >= 0.3 is 0 Å². The van der Waals surface area contributed by atoms with Gasteiger partial charge in [0, 0.05) is 38.4 Å². The number of anilines is 1. The molecule has 1 aliphatic heterocycles. The van der Waals surface area contributed by atoms with Gasteiger partial charge in [-0.2, -0.15) is 0 Å². The highest BCUT2D eigenvalue weighted by molar-refractivity contribution is 5.88. The number of pyridine rings is 1. The summed E-state index contributed by atoms with van der Waals surface area (Å²) in [5, 5.41) is 5.71. The van der Waals surface area contributed by atoms with Gasteiger partial charge in [-0.05, 0) is 50.0 Å². The summed E-state index contributed by atoms with van der Waals surface area (Å²) < 4.78 is 0. The Bertz CT molecular complexity index is 1000. The third-order valence-electron chi connectivity index (χ3n) is 6.03. The first-order valence-electron chi connectivity index (χ1n) is 12.2. The van der Waals surface area contributed by atoms with E-state index in [0.29, 0.717) is 52.0 Å². The molecule has 0 radical (unpaired) electrons. The third kappa shape index (κ3) is 8.24. The van der Waals surface area contributed by atoms with Gasteiger partial charge in [0.1, 0.15) is 11.9 Å². The number of rotatable bonds is 11. The fourth-order valence-corrected chi connectivity index (χ4v) is 4.12. The summed E-state index contributed by atoms with van der Waals surface area (Å²) in [6.45, 7) is 8.46. The average Bonchev–Trinajstić information content (AvgIpc) is 2.88. The van der Waals surface area contributed by atoms with Crippen LogP contribution in [0.4, 0.5) is 5.82 Å². The van der Waals surface area contributed by atoms with Crippen LogP contribution in [0.5, 0.6) is 0 Å². The highest BCUT2D eigenvalue weighted by Crippen LogP contribution is 2.15. The average molecular weight is 478 g/mol. The maximum absolute atomic E-state index is 13.4. The van der Waals surface area contributed by atoms with Crippen LogP contribution in [0.25, 0.3) is 0 Å². The quantitative estimate of drug-likeness (QED) is 0.382. The first-order valence-corrected chi connectivity index (χ1v) is 12.2. The molecule has 3 amide bonds. The molecular formula is C27H35N5O3. The lowest BCUT2D eigenvalue weighted by atomic mass is 10.1. The van der Waals surface area contributed by atoms with Gasteiger partial charge in [-0.25, -0.2) is 4.98 Å². The number of aromatic nitrogens is 1. The van der Waals surface area contributed by atoms with Crippen LogP contribution in [0.3, 0.4) is 0 Å². The highest BCUT2D eigenvalue weighted by atomic mass is 16.2. The van der Waals surface area contributed by atoms with Crippen molar-refractivity contribution >= 4 is 23.5 Å². The number of unbranched alkanes of at least 4 members (excludes halogenated alkanes) is 1. The first-order chi connectivity index (χ1) is 17.0. The number of hydrogen-bond donors (Lipinski definition) is 2. The fraction of sp³-hybridized carbons (Fsp3) is 0.407. The zero-order chi connectivity index (χ0) is 25.0. The topological polar surface area (TPSA) is 94.6 Å². The van der Waals surface area contributed by atoms with Crippen molar-refractivity contribution in [3.63, 3.8) is 0 Å². The summed E-state index contributed by atoms with van der Waals surface area (Å²) in [7, 11) is 0. The lowest BCUT2D eigenvalue weighted by molar-refractivity contribution is -0.136. The summed E-state index contributed by atoms with van der Waals surface area (Å²) in [6.07, 6.45) is 3.40. The van der Waals surface area contributed by atoms with Gasteiger partial charge in [0.05, 0.1) is 6.42 Å². The summed E-state index contributed by atoms with van der Waals surface area (Å²) >= 11 is 0. The van der Waals surface area contributed by atoms with E-state index in [9.17, 15) is 14.4 Å². The lowest BCUT2D eigenvalue weighted by Crippen LogP contribution is -2.55. The van der Waals surface area contributed by atoms with Crippen LogP contribution in [0, 0.1) is 6.92 Å². The molecule has 3 rings (SSSR count). The standard InChI is InChI=1S/C27H35N5O3/c1-3-25(33)28-15-8-7-13-23(30-26(34)20-22-11-5-4-6-12-22)27(35)32-18-16-31(17-19-32)24-14-9-10-21(2)29-24/h3-6,9-12,14,23H,1,7-8,13,15-20H2,2H3,(H,28,33)(H,30,34)/t23-/m1/s1.